The minimum atomic E-state index is -0.203. The summed E-state index contributed by atoms with van der Waals surface area (Å²) in [6, 6.07) is 3.99. The van der Waals surface area contributed by atoms with Gasteiger partial charge in [0.05, 0.1) is 18.3 Å². The number of hydrogen-bond acceptors (Lipinski definition) is 3. The summed E-state index contributed by atoms with van der Waals surface area (Å²) in [5.74, 6) is 0.941. The van der Waals surface area contributed by atoms with E-state index in [9.17, 15) is 4.79 Å². The lowest BCUT2D eigenvalue weighted by Crippen LogP contribution is -2.46. The summed E-state index contributed by atoms with van der Waals surface area (Å²) in [4.78, 5) is 12.0. The molecule has 1 aromatic heterocycles. The lowest BCUT2D eigenvalue weighted by molar-refractivity contribution is -0.123. The van der Waals surface area contributed by atoms with E-state index in [1.165, 1.54) is 12.8 Å². The standard InChI is InChI=1S/C14H22N2O2/c1-10(13-8-5-9-18-13)15-11(2)14(17)16-12-6-3-4-7-12/h5,8-12,15H,3-4,6-7H2,1-2H3,(H,16,17)/t10-,11+/m1/s1. The minimum Gasteiger partial charge on any atom is -0.468 e. The van der Waals surface area contributed by atoms with Gasteiger partial charge in [0, 0.05) is 6.04 Å². The molecule has 0 bridgehead atoms. The summed E-state index contributed by atoms with van der Waals surface area (Å²) in [7, 11) is 0. The molecule has 1 fully saturated rings. The predicted molar refractivity (Wildman–Crippen MR) is 70.1 cm³/mol. The molecule has 0 saturated heterocycles. The van der Waals surface area contributed by atoms with Gasteiger partial charge in [-0.2, -0.15) is 0 Å². The molecule has 4 nitrogen and oxygen atoms in total. The third kappa shape index (κ3) is 3.35. The van der Waals surface area contributed by atoms with Crippen molar-refractivity contribution in [3.8, 4) is 0 Å². The second-order valence-corrected chi connectivity index (χ2v) is 5.12. The summed E-state index contributed by atoms with van der Waals surface area (Å²) in [6.07, 6.45) is 6.35. The van der Waals surface area contributed by atoms with Crippen LogP contribution in [0.2, 0.25) is 0 Å². The first-order valence-electron chi connectivity index (χ1n) is 6.76. The zero-order valence-corrected chi connectivity index (χ0v) is 11.1. The molecule has 2 N–H and O–H groups in total. The lowest BCUT2D eigenvalue weighted by atomic mass is 10.2. The zero-order chi connectivity index (χ0) is 13.0. The van der Waals surface area contributed by atoms with Gasteiger partial charge in [-0.25, -0.2) is 0 Å². The van der Waals surface area contributed by atoms with Gasteiger partial charge in [-0.15, -0.1) is 0 Å². The fourth-order valence-electron chi connectivity index (χ4n) is 2.47. The quantitative estimate of drug-likeness (QED) is 0.843. The molecule has 0 aromatic carbocycles. The van der Waals surface area contributed by atoms with Crippen LogP contribution in [0.1, 0.15) is 51.3 Å². The topological polar surface area (TPSA) is 54.3 Å². The molecular weight excluding hydrogens is 228 g/mol. The summed E-state index contributed by atoms with van der Waals surface area (Å²) in [5.41, 5.74) is 0. The SMILES string of the molecule is C[C@H](N[C@H](C)c1ccco1)C(=O)NC1CCCC1. The highest BCUT2D eigenvalue weighted by Gasteiger charge is 2.22. The average Bonchev–Trinajstić information content (AvgIpc) is 3.01. The van der Waals surface area contributed by atoms with Crippen molar-refractivity contribution >= 4 is 5.91 Å². The minimum absolute atomic E-state index is 0.0457. The van der Waals surface area contributed by atoms with E-state index in [0.717, 1.165) is 18.6 Å². The van der Waals surface area contributed by atoms with Crippen LogP contribution in [0.25, 0.3) is 0 Å². The Balaban J connectivity index is 1.79. The Bertz CT molecular complexity index is 369. The van der Waals surface area contributed by atoms with Crippen LogP contribution >= 0.6 is 0 Å². The van der Waals surface area contributed by atoms with Gasteiger partial charge in [-0.05, 0) is 38.8 Å². The van der Waals surface area contributed by atoms with E-state index in [1.54, 1.807) is 6.26 Å². The van der Waals surface area contributed by atoms with Crippen LogP contribution in [0.5, 0.6) is 0 Å². The van der Waals surface area contributed by atoms with E-state index in [0.29, 0.717) is 6.04 Å². The van der Waals surface area contributed by atoms with Gasteiger partial charge < -0.3 is 9.73 Å². The molecule has 1 aliphatic carbocycles. The van der Waals surface area contributed by atoms with Crippen molar-refractivity contribution in [3.05, 3.63) is 24.2 Å². The van der Waals surface area contributed by atoms with Crippen LogP contribution in [0, 0.1) is 0 Å². The number of amides is 1. The molecule has 0 unspecified atom stereocenters. The van der Waals surface area contributed by atoms with E-state index in [4.69, 9.17) is 4.42 Å². The molecule has 1 heterocycles. The van der Waals surface area contributed by atoms with Gasteiger partial charge in [-0.1, -0.05) is 12.8 Å². The normalized spacial score (nSPS) is 19.7. The third-order valence-corrected chi connectivity index (χ3v) is 3.56. The molecule has 4 heteroatoms. The van der Waals surface area contributed by atoms with Crippen molar-refractivity contribution in [3.63, 3.8) is 0 Å². The molecule has 1 aromatic rings. The molecule has 0 spiro atoms. The Labute approximate surface area is 108 Å². The first kappa shape index (κ1) is 13.1. The van der Waals surface area contributed by atoms with Crippen LogP contribution in [0.15, 0.2) is 22.8 Å². The largest absolute Gasteiger partial charge is 0.468 e. The number of hydrogen-bond donors (Lipinski definition) is 2. The van der Waals surface area contributed by atoms with Crippen molar-refractivity contribution in [1.29, 1.82) is 0 Å². The maximum Gasteiger partial charge on any atom is 0.237 e. The van der Waals surface area contributed by atoms with Gasteiger partial charge in [-0.3, -0.25) is 10.1 Å². The van der Waals surface area contributed by atoms with E-state index < -0.39 is 0 Å². The van der Waals surface area contributed by atoms with Crippen molar-refractivity contribution < 1.29 is 9.21 Å². The molecule has 1 aliphatic rings. The van der Waals surface area contributed by atoms with Crippen LogP contribution in [-0.4, -0.2) is 18.0 Å². The highest BCUT2D eigenvalue weighted by molar-refractivity contribution is 5.81. The summed E-state index contributed by atoms with van der Waals surface area (Å²) in [5, 5.41) is 6.35. The maximum atomic E-state index is 12.0. The van der Waals surface area contributed by atoms with E-state index in [2.05, 4.69) is 10.6 Å². The molecule has 100 valence electrons. The first-order valence-corrected chi connectivity index (χ1v) is 6.76. The van der Waals surface area contributed by atoms with Crippen molar-refractivity contribution in [2.24, 2.45) is 0 Å². The molecule has 2 atom stereocenters. The Morgan fingerprint density at radius 3 is 2.72 bits per heavy atom. The Kier molecular flexibility index (Phi) is 4.42. The second kappa shape index (κ2) is 6.05. The molecule has 0 aliphatic heterocycles. The first-order chi connectivity index (χ1) is 8.66. The van der Waals surface area contributed by atoms with Crippen molar-refractivity contribution in [2.75, 3.05) is 0 Å². The second-order valence-electron chi connectivity index (χ2n) is 5.12. The number of rotatable bonds is 5. The van der Waals surface area contributed by atoms with E-state index in [-0.39, 0.29) is 18.0 Å². The number of carbonyl (C=O) groups excluding carboxylic acids is 1. The van der Waals surface area contributed by atoms with Crippen LogP contribution in [0.4, 0.5) is 0 Å². The molecule has 1 saturated carbocycles. The van der Waals surface area contributed by atoms with Gasteiger partial charge in [0.15, 0.2) is 0 Å². The number of nitrogens with one attached hydrogen (secondary N) is 2. The smallest absolute Gasteiger partial charge is 0.237 e. The van der Waals surface area contributed by atoms with Crippen LogP contribution in [0.3, 0.4) is 0 Å². The van der Waals surface area contributed by atoms with E-state index >= 15 is 0 Å². The maximum absolute atomic E-state index is 12.0. The average molecular weight is 250 g/mol. The molecular formula is C14H22N2O2. The Hall–Kier alpha value is -1.29. The monoisotopic (exact) mass is 250 g/mol. The Morgan fingerprint density at radius 2 is 2.11 bits per heavy atom. The van der Waals surface area contributed by atoms with Crippen molar-refractivity contribution in [2.45, 2.75) is 57.7 Å². The molecule has 1 amide bonds. The fourth-order valence-corrected chi connectivity index (χ4v) is 2.47. The van der Waals surface area contributed by atoms with E-state index in [1.807, 2.05) is 26.0 Å². The highest BCUT2D eigenvalue weighted by atomic mass is 16.3. The van der Waals surface area contributed by atoms with Gasteiger partial charge >= 0.3 is 0 Å². The summed E-state index contributed by atoms with van der Waals surface area (Å²) in [6.45, 7) is 3.89. The van der Waals surface area contributed by atoms with Crippen LogP contribution < -0.4 is 10.6 Å². The molecule has 0 radical (unpaired) electrons. The van der Waals surface area contributed by atoms with Crippen molar-refractivity contribution in [1.82, 2.24) is 10.6 Å². The fraction of sp³-hybridized carbons (Fsp3) is 0.643. The van der Waals surface area contributed by atoms with Gasteiger partial charge in [0.1, 0.15) is 5.76 Å². The molecule has 2 rings (SSSR count). The lowest BCUT2D eigenvalue weighted by Gasteiger charge is -2.20. The summed E-state index contributed by atoms with van der Waals surface area (Å²) < 4.78 is 5.32. The van der Waals surface area contributed by atoms with Crippen LogP contribution in [-0.2, 0) is 4.79 Å². The predicted octanol–water partition coefficient (Wildman–Crippen LogP) is 2.38. The Morgan fingerprint density at radius 1 is 1.39 bits per heavy atom. The molecule has 18 heavy (non-hydrogen) atoms. The third-order valence-electron chi connectivity index (χ3n) is 3.56. The van der Waals surface area contributed by atoms with Gasteiger partial charge in [0.25, 0.3) is 0 Å². The number of furan rings is 1. The van der Waals surface area contributed by atoms with Gasteiger partial charge in [0.2, 0.25) is 5.91 Å². The number of carbonyl (C=O) groups is 1. The highest BCUT2D eigenvalue weighted by Crippen LogP contribution is 2.18. The summed E-state index contributed by atoms with van der Waals surface area (Å²) >= 11 is 0. The zero-order valence-electron chi connectivity index (χ0n) is 11.1.